The molecule has 0 radical (unpaired) electrons. The average molecular weight is 278 g/mol. The highest BCUT2D eigenvalue weighted by Gasteiger charge is 2.23. The molecule has 1 aliphatic rings. The van der Waals surface area contributed by atoms with Crippen LogP contribution in [0.2, 0.25) is 0 Å². The van der Waals surface area contributed by atoms with E-state index in [2.05, 4.69) is 0 Å². The third-order valence-corrected chi connectivity index (χ3v) is 3.62. The molecule has 1 saturated heterocycles. The molecule has 0 saturated carbocycles. The van der Waals surface area contributed by atoms with Crippen LogP contribution in [0, 0.1) is 0 Å². The Bertz CT molecular complexity index is 454. The van der Waals surface area contributed by atoms with Gasteiger partial charge in [-0.25, -0.2) is 0 Å². The van der Waals surface area contributed by atoms with Gasteiger partial charge < -0.3 is 20.1 Å². The van der Waals surface area contributed by atoms with E-state index in [1.165, 1.54) is 0 Å². The SMILES string of the molecule is COc1cc(CCC(=O)N2CC[C@H](N)C2)cc(OC)c1. The van der Waals surface area contributed by atoms with Crippen molar-refractivity contribution in [2.75, 3.05) is 27.3 Å². The van der Waals surface area contributed by atoms with Crippen molar-refractivity contribution in [3.05, 3.63) is 23.8 Å². The lowest BCUT2D eigenvalue weighted by Crippen LogP contribution is -2.31. The van der Waals surface area contributed by atoms with E-state index in [0.717, 1.165) is 30.0 Å². The van der Waals surface area contributed by atoms with Gasteiger partial charge in [-0.15, -0.1) is 0 Å². The van der Waals surface area contributed by atoms with Crippen LogP contribution >= 0.6 is 0 Å². The number of carbonyl (C=O) groups is 1. The van der Waals surface area contributed by atoms with Crippen molar-refractivity contribution >= 4 is 5.91 Å². The molecule has 1 fully saturated rings. The van der Waals surface area contributed by atoms with Crippen LogP contribution in [0.5, 0.6) is 11.5 Å². The van der Waals surface area contributed by atoms with Crippen LogP contribution in [-0.4, -0.2) is 44.2 Å². The van der Waals surface area contributed by atoms with Crippen molar-refractivity contribution < 1.29 is 14.3 Å². The topological polar surface area (TPSA) is 64.8 Å². The van der Waals surface area contributed by atoms with Crippen molar-refractivity contribution in [1.82, 2.24) is 4.90 Å². The molecule has 5 heteroatoms. The van der Waals surface area contributed by atoms with E-state index in [0.29, 0.717) is 19.4 Å². The van der Waals surface area contributed by atoms with Crippen LogP contribution in [-0.2, 0) is 11.2 Å². The minimum atomic E-state index is 0.135. The van der Waals surface area contributed by atoms with Crippen molar-refractivity contribution in [2.24, 2.45) is 5.73 Å². The number of nitrogens with zero attached hydrogens (tertiary/aromatic N) is 1. The maximum Gasteiger partial charge on any atom is 0.222 e. The summed E-state index contributed by atoms with van der Waals surface area (Å²) in [5.41, 5.74) is 6.86. The standard InChI is InChI=1S/C15H22N2O3/c1-19-13-7-11(8-14(9-13)20-2)3-4-15(18)17-6-5-12(16)10-17/h7-9,12H,3-6,10,16H2,1-2H3/t12-/m0/s1. The number of amides is 1. The zero-order valence-corrected chi connectivity index (χ0v) is 12.1. The number of benzene rings is 1. The molecule has 2 rings (SSSR count). The highest BCUT2D eigenvalue weighted by atomic mass is 16.5. The van der Waals surface area contributed by atoms with Gasteiger partial charge in [0.15, 0.2) is 0 Å². The maximum atomic E-state index is 12.1. The highest BCUT2D eigenvalue weighted by molar-refractivity contribution is 5.76. The van der Waals surface area contributed by atoms with Crippen molar-refractivity contribution in [1.29, 1.82) is 0 Å². The second kappa shape index (κ2) is 6.61. The minimum absolute atomic E-state index is 0.135. The van der Waals surface area contributed by atoms with E-state index in [-0.39, 0.29) is 11.9 Å². The Morgan fingerprint density at radius 3 is 2.45 bits per heavy atom. The molecule has 0 spiro atoms. The molecule has 110 valence electrons. The fourth-order valence-electron chi connectivity index (χ4n) is 2.43. The minimum Gasteiger partial charge on any atom is -0.497 e. The van der Waals surface area contributed by atoms with E-state index in [1.807, 2.05) is 23.1 Å². The summed E-state index contributed by atoms with van der Waals surface area (Å²) in [4.78, 5) is 13.9. The molecule has 1 aromatic carbocycles. The Kier molecular flexibility index (Phi) is 4.84. The Morgan fingerprint density at radius 2 is 1.95 bits per heavy atom. The number of rotatable bonds is 5. The van der Waals surface area contributed by atoms with Gasteiger partial charge >= 0.3 is 0 Å². The van der Waals surface area contributed by atoms with Gasteiger partial charge in [-0.05, 0) is 30.5 Å². The first-order chi connectivity index (χ1) is 9.62. The predicted molar refractivity (Wildman–Crippen MR) is 77.0 cm³/mol. The number of hydrogen-bond donors (Lipinski definition) is 1. The molecule has 1 atom stereocenters. The third-order valence-electron chi connectivity index (χ3n) is 3.62. The second-order valence-electron chi connectivity index (χ2n) is 5.11. The summed E-state index contributed by atoms with van der Waals surface area (Å²) in [5.74, 6) is 1.66. The van der Waals surface area contributed by atoms with Gasteiger partial charge in [0, 0.05) is 31.6 Å². The van der Waals surface area contributed by atoms with Gasteiger partial charge in [0.1, 0.15) is 11.5 Å². The largest absolute Gasteiger partial charge is 0.497 e. The van der Waals surface area contributed by atoms with E-state index < -0.39 is 0 Å². The van der Waals surface area contributed by atoms with E-state index in [9.17, 15) is 4.79 Å². The quantitative estimate of drug-likeness (QED) is 0.879. The maximum absolute atomic E-state index is 12.1. The van der Waals surface area contributed by atoms with Gasteiger partial charge in [-0.2, -0.15) is 0 Å². The van der Waals surface area contributed by atoms with E-state index in [4.69, 9.17) is 15.2 Å². The Balaban J connectivity index is 1.94. The predicted octanol–water partition coefficient (Wildman–Crippen LogP) is 1.20. The van der Waals surface area contributed by atoms with Gasteiger partial charge in [-0.3, -0.25) is 4.79 Å². The summed E-state index contributed by atoms with van der Waals surface area (Å²) in [5, 5.41) is 0. The third kappa shape index (κ3) is 3.63. The van der Waals surface area contributed by atoms with Crippen molar-refractivity contribution in [3.63, 3.8) is 0 Å². The molecule has 0 unspecified atom stereocenters. The molecule has 5 nitrogen and oxygen atoms in total. The summed E-state index contributed by atoms with van der Waals surface area (Å²) in [6.07, 6.45) is 2.07. The van der Waals surface area contributed by atoms with E-state index >= 15 is 0 Å². The Labute approximate surface area is 119 Å². The van der Waals surface area contributed by atoms with Crippen LogP contribution in [0.25, 0.3) is 0 Å². The fraction of sp³-hybridized carbons (Fsp3) is 0.533. The lowest BCUT2D eigenvalue weighted by atomic mass is 10.1. The normalized spacial score (nSPS) is 18.1. The first-order valence-corrected chi connectivity index (χ1v) is 6.87. The van der Waals surface area contributed by atoms with E-state index in [1.54, 1.807) is 14.2 Å². The summed E-state index contributed by atoms with van der Waals surface area (Å²) in [6, 6.07) is 5.83. The van der Waals surface area contributed by atoms with Crippen LogP contribution in [0.4, 0.5) is 0 Å². The number of hydrogen-bond acceptors (Lipinski definition) is 4. The lowest BCUT2D eigenvalue weighted by molar-refractivity contribution is -0.130. The summed E-state index contributed by atoms with van der Waals surface area (Å²) in [6.45, 7) is 1.46. The number of methoxy groups -OCH3 is 2. The van der Waals surface area contributed by atoms with Crippen molar-refractivity contribution in [2.45, 2.75) is 25.3 Å². The smallest absolute Gasteiger partial charge is 0.222 e. The number of ether oxygens (including phenoxy) is 2. The van der Waals surface area contributed by atoms with Crippen LogP contribution < -0.4 is 15.2 Å². The second-order valence-corrected chi connectivity index (χ2v) is 5.11. The van der Waals surface area contributed by atoms with Gasteiger partial charge in [-0.1, -0.05) is 0 Å². The fourth-order valence-corrected chi connectivity index (χ4v) is 2.43. The highest BCUT2D eigenvalue weighted by Crippen LogP contribution is 2.23. The van der Waals surface area contributed by atoms with Gasteiger partial charge in [0.05, 0.1) is 14.2 Å². The first kappa shape index (κ1) is 14.7. The lowest BCUT2D eigenvalue weighted by Gasteiger charge is -2.16. The summed E-state index contributed by atoms with van der Waals surface area (Å²) >= 11 is 0. The molecule has 1 aliphatic heterocycles. The Morgan fingerprint density at radius 1 is 1.30 bits per heavy atom. The van der Waals surface area contributed by atoms with Crippen LogP contribution in [0.3, 0.4) is 0 Å². The number of carbonyl (C=O) groups excluding carboxylic acids is 1. The first-order valence-electron chi connectivity index (χ1n) is 6.87. The van der Waals surface area contributed by atoms with Crippen LogP contribution in [0.15, 0.2) is 18.2 Å². The molecule has 2 N–H and O–H groups in total. The molecule has 1 heterocycles. The molecular formula is C15H22N2O3. The Hall–Kier alpha value is -1.75. The molecule has 20 heavy (non-hydrogen) atoms. The van der Waals surface area contributed by atoms with Gasteiger partial charge in [0.25, 0.3) is 0 Å². The zero-order valence-electron chi connectivity index (χ0n) is 12.1. The van der Waals surface area contributed by atoms with Gasteiger partial charge in [0.2, 0.25) is 5.91 Å². The molecular weight excluding hydrogens is 256 g/mol. The zero-order chi connectivity index (χ0) is 14.5. The molecule has 1 aromatic rings. The molecule has 0 aromatic heterocycles. The molecule has 0 bridgehead atoms. The van der Waals surface area contributed by atoms with Crippen LogP contribution in [0.1, 0.15) is 18.4 Å². The molecule has 1 amide bonds. The average Bonchev–Trinajstić information content (AvgIpc) is 2.91. The molecule has 0 aliphatic carbocycles. The van der Waals surface area contributed by atoms with Crippen molar-refractivity contribution in [3.8, 4) is 11.5 Å². The number of nitrogens with two attached hydrogens (primary N) is 1. The number of likely N-dealkylation sites (tertiary alicyclic amines) is 1. The summed E-state index contributed by atoms with van der Waals surface area (Å²) in [7, 11) is 3.24. The monoisotopic (exact) mass is 278 g/mol. The summed E-state index contributed by atoms with van der Waals surface area (Å²) < 4.78 is 10.5. The number of aryl methyl sites for hydroxylation is 1.